The monoisotopic (exact) mass is 704 g/mol. The summed E-state index contributed by atoms with van der Waals surface area (Å²) >= 11 is 9.91. The van der Waals surface area contributed by atoms with Crippen molar-refractivity contribution in [3.63, 3.8) is 0 Å². The van der Waals surface area contributed by atoms with Gasteiger partial charge in [-0.15, -0.1) is 0 Å². The van der Waals surface area contributed by atoms with Crippen molar-refractivity contribution in [1.82, 2.24) is 9.97 Å². The number of anilines is 2. The zero-order valence-electron chi connectivity index (χ0n) is 12.7. The Labute approximate surface area is 182 Å². The first-order valence-corrected chi connectivity index (χ1v) is 12.0. The van der Waals surface area contributed by atoms with Crippen LogP contribution in [0.15, 0.2) is 35.3 Å². The van der Waals surface area contributed by atoms with Crippen LogP contribution in [0.1, 0.15) is 11.1 Å². The Morgan fingerprint density at radius 3 is 1.86 bits per heavy atom. The van der Waals surface area contributed by atoms with Crippen molar-refractivity contribution in [2.24, 2.45) is 0 Å². The molecule has 22 heavy (non-hydrogen) atoms. The van der Waals surface area contributed by atoms with Crippen LogP contribution in [0.2, 0.25) is 0 Å². The largest absolute Gasteiger partial charge is 0.397 e. The van der Waals surface area contributed by atoms with Gasteiger partial charge in [0.05, 0.1) is 13.8 Å². The minimum atomic E-state index is 0.720. The highest BCUT2D eigenvalue weighted by atomic mass is 127. The van der Waals surface area contributed by atoms with E-state index >= 15 is 0 Å². The maximum atomic E-state index is 5.57. The topological polar surface area (TPSA) is 77.8 Å². The lowest BCUT2D eigenvalue weighted by Gasteiger charge is -1.98. The zero-order valence-corrected chi connectivity index (χ0v) is 20.7. The fraction of sp³-hybridized carbons (Fsp3) is 0.286. The average Bonchev–Trinajstić information content (AvgIpc) is 2.51. The van der Waals surface area contributed by atoms with Gasteiger partial charge in [-0.05, 0) is 58.0 Å². The molecule has 2 aromatic rings. The molecule has 0 fully saturated rings. The molecule has 4 N–H and O–H groups in total. The van der Waals surface area contributed by atoms with Crippen LogP contribution >= 0.6 is 83.7 Å². The molecule has 0 atom stereocenters. The first-order chi connectivity index (χ1) is 10.4. The van der Waals surface area contributed by atoms with Crippen molar-refractivity contribution in [3.8, 4) is 0 Å². The maximum Gasteiger partial charge on any atom is 0.129 e. The molecule has 124 valence electrons. The molecule has 0 bridgehead atoms. The van der Waals surface area contributed by atoms with Crippen molar-refractivity contribution in [3.05, 3.63) is 46.5 Å². The van der Waals surface area contributed by atoms with Crippen molar-refractivity contribution in [1.29, 1.82) is 0 Å². The van der Waals surface area contributed by atoms with Crippen molar-refractivity contribution < 1.29 is 0 Å². The van der Waals surface area contributed by atoms with E-state index in [0.717, 1.165) is 27.1 Å². The summed E-state index contributed by atoms with van der Waals surface area (Å²) in [6, 6.07) is 3.76. The standard InChI is InChI=1S/C6H7BrN2.C6H8N2.CH2I2.CH3I/c1-4-2-3-9-6(7)5(4)8;1-5-2-3-8-4-6(5)7;2-1-3;1-2/h2-3H,8H2,1H3;2-4H,7H2,1H3;1H2;1H3. The molecule has 0 amide bonds. The second-order valence-corrected chi connectivity index (χ2v) is 8.86. The predicted molar refractivity (Wildman–Crippen MR) is 127 cm³/mol. The maximum absolute atomic E-state index is 5.57. The molecule has 0 aliphatic rings. The Bertz CT molecular complexity index is 486. The summed E-state index contributed by atoms with van der Waals surface area (Å²) in [7, 11) is 0. The highest BCUT2D eigenvalue weighted by Crippen LogP contribution is 2.18. The lowest BCUT2D eigenvalue weighted by Crippen LogP contribution is -1.91. The van der Waals surface area contributed by atoms with Gasteiger partial charge in [0.25, 0.3) is 0 Å². The van der Waals surface area contributed by atoms with Crippen molar-refractivity contribution in [2.75, 3.05) is 18.8 Å². The Morgan fingerprint density at radius 2 is 1.55 bits per heavy atom. The number of aromatic nitrogens is 2. The van der Waals surface area contributed by atoms with Crippen LogP contribution in [0.5, 0.6) is 0 Å². The van der Waals surface area contributed by atoms with Crippen LogP contribution in [0.4, 0.5) is 11.4 Å². The Hall–Kier alpha value is 0.570. The smallest absolute Gasteiger partial charge is 0.129 e. The van der Waals surface area contributed by atoms with Gasteiger partial charge in [-0.25, -0.2) is 4.98 Å². The van der Waals surface area contributed by atoms with E-state index in [2.05, 4.69) is 93.7 Å². The molecule has 0 unspecified atom stereocenters. The van der Waals surface area contributed by atoms with E-state index in [-0.39, 0.29) is 0 Å². The average molecular weight is 705 g/mol. The lowest BCUT2D eigenvalue weighted by molar-refractivity contribution is 1.25. The molecule has 2 rings (SSSR count). The van der Waals surface area contributed by atoms with Crippen molar-refractivity contribution in [2.45, 2.75) is 13.8 Å². The summed E-state index contributed by atoms with van der Waals surface area (Å²) in [6.45, 7) is 3.90. The van der Waals surface area contributed by atoms with E-state index in [1.807, 2.05) is 30.9 Å². The third-order valence-electron chi connectivity index (χ3n) is 2.24. The second-order valence-electron chi connectivity index (χ2n) is 3.67. The molecular formula is C14H20BrI3N4. The summed E-state index contributed by atoms with van der Waals surface area (Å²) in [5.41, 5.74) is 14.6. The highest BCUT2D eigenvalue weighted by molar-refractivity contribution is 14.2. The lowest BCUT2D eigenvalue weighted by atomic mass is 10.3. The molecule has 0 saturated carbocycles. The van der Waals surface area contributed by atoms with Gasteiger partial charge in [0.1, 0.15) is 4.60 Å². The number of nitrogen functional groups attached to an aromatic ring is 2. The molecular weight excluding hydrogens is 685 g/mol. The molecule has 4 nitrogen and oxygen atoms in total. The second kappa shape index (κ2) is 16.4. The summed E-state index contributed by atoms with van der Waals surface area (Å²) in [6.07, 6.45) is 5.09. The van der Waals surface area contributed by atoms with E-state index in [4.69, 9.17) is 11.5 Å². The predicted octanol–water partition coefficient (Wildman–Crippen LogP) is 5.57. The van der Waals surface area contributed by atoms with Gasteiger partial charge in [-0.1, -0.05) is 67.8 Å². The first kappa shape index (κ1) is 24.8. The number of nitrogens with two attached hydrogens (primary N) is 2. The highest BCUT2D eigenvalue weighted by Gasteiger charge is 1.96. The van der Waals surface area contributed by atoms with Gasteiger partial charge in [0, 0.05) is 18.6 Å². The molecule has 0 saturated heterocycles. The molecule has 0 aromatic carbocycles. The van der Waals surface area contributed by atoms with E-state index in [1.54, 1.807) is 18.6 Å². The van der Waals surface area contributed by atoms with Crippen LogP contribution in [-0.2, 0) is 0 Å². The normalized spacial score (nSPS) is 8.32. The molecule has 2 heterocycles. The molecule has 0 aliphatic carbocycles. The van der Waals surface area contributed by atoms with Crippen LogP contribution in [0.3, 0.4) is 0 Å². The Balaban J connectivity index is 0. The van der Waals surface area contributed by atoms with E-state index in [1.165, 1.54) is 2.43 Å². The van der Waals surface area contributed by atoms with E-state index in [0.29, 0.717) is 0 Å². The van der Waals surface area contributed by atoms with Crippen LogP contribution in [0, 0.1) is 13.8 Å². The quantitative estimate of drug-likeness (QED) is 0.214. The van der Waals surface area contributed by atoms with E-state index < -0.39 is 0 Å². The number of nitrogens with zero attached hydrogens (tertiary/aromatic N) is 2. The third kappa shape index (κ3) is 12.0. The van der Waals surface area contributed by atoms with Crippen LogP contribution in [-0.4, -0.2) is 17.3 Å². The van der Waals surface area contributed by atoms with Gasteiger partial charge < -0.3 is 11.5 Å². The number of aryl methyl sites for hydroxylation is 2. The Kier molecular flexibility index (Phi) is 18.5. The summed E-state index contributed by atoms with van der Waals surface area (Å²) in [5, 5.41) is 0. The molecule has 0 aliphatic heterocycles. The minimum absolute atomic E-state index is 0.720. The first-order valence-electron chi connectivity index (χ1n) is 5.96. The van der Waals surface area contributed by atoms with Crippen LogP contribution in [0.25, 0.3) is 0 Å². The van der Waals surface area contributed by atoms with E-state index in [9.17, 15) is 0 Å². The SMILES string of the molecule is CI.Cc1ccnc(Br)c1N.Cc1ccncc1N.ICI. The number of alkyl halides is 3. The third-order valence-corrected chi connectivity index (χ3v) is 2.87. The van der Waals surface area contributed by atoms with Crippen molar-refractivity contribution >= 4 is 95.1 Å². The van der Waals surface area contributed by atoms with Gasteiger partial charge >= 0.3 is 0 Å². The zero-order chi connectivity index (χ0) is 17.5. The fourth-order valence-corrected chi connectivity index (χ4v) is 1.44. The minimum Gasteiger partial charge on any atom is -0.397 e. The van der Waals surface area contributed by atoms with Gasteiger partial charge in [0.15, 0.2) is 0 Å². The number of hydrogen-bond acceptors (Lipinski definition) is 4. The van der Waals surface area contributed by atoms with Gasteiger partial charge in [0.2, 0.25) is 0 Å². The summed E-state index contributed by atoms with van der Waals surface area (Å²) < 4.78 is 1.91. The molecule has 8 heteroatoms. The number of halogens is 4. The summed E-state index contributed by atoms with van der Waals surface area (Å²) in [5.74, 6) is 0. The summed E-state index contributed by atoms with van der Waals surface area (Å²) in [4.78, 5) is 9.72. The number of rotatable bonds is 0. The fourth-order valence-electron chi connectivity index (χ4n) is 1.01. The van der Waals surface area contributed by atoms with Gasteiger partial charge in [-0.2, -0.15) is 0 Å². The Morgan fingerprint density at radius 1 is 1.05 bits per heavy atom. The molecule has 0 spiro atoms. The molecule has 0 radical (unpaired) electrons. The molecule has 2 aromatic heterocycles. The number of pyridine rings is 2. The van der Waals surface area contributed by atoms with Gasteiger partial charge in [-0.3, -0.25) is 4.98 Å². The number of hydrogen-bond donors (Lipinski definition) is 2. The van der Waals surface area contributed by atoms with Crippen LogP contribution < -0.4 is 11.5 Å².